The zero-order chi connectivity index (χ0) is 23.0. The van der Waals surface area contributed by atoms with Gasteiger partial charge in [-0.25, -0.2) is 9.36 Å². The molecule has 2 aromatic heterocycles. The maximum Gasteiger partial charge on any atom is 0.337 e. The molecule has 0 spiro atoms. The normalized spacial score (nSPS) is 11.1. The summed E-state index contributed by atoms with van der Waals surface area (Å²) < 4.78 is 2.33. The van der Waals surface area contributed by atoms with E-state index in [2.05, 4.69) is 5.32 Å². The average Bonchev–Trinajstić information content (AvgIpc) is 3.15. The average molecular weight is 509 g/mol. The molecule has 2 aromatic carbocycles. The van der Waals surface area contributed by atoms with E-state index in [1.807, 2.05) is 6.92 Å². The molecule has 0 saturated heterocycles. The lowest BCUT2D eigenvalue weighted by molar-refractivity contribution is -0.116. The van der Waals surface area contributed by atoms with Crippen LogP contribution in [0.2, 0.25) is 15.1 Å². The summed E-state index contributed by atoms with van der Waals surface area (Å²) in [6, 6.07) is 12.9. The van der Waals surface area contributed by atoms with E-state index in [1.165, 1.54) is 22.0 Å². The fraction of sp³-hybridized carbons (Fsp3) is 0.136. The van der Waals surface area contributed by atoms with Crippen molar-refractivity contribution in [3.63, 3.8) is 0 Å². The van der Waals surface area contributed by atoms with Gasteiger partial charge in [0, 0.05) is 25.6 Å². The summed E-state index contributed by atoms with van der Waals surface area (Å²) in [6.07, 6.45) is 0.692. The summed E-state index contributed by atoms with van der Waals surface area (Å²) in [5.41, 5.74) is -0.357. The molecule has 0 unspecified atom stereocenters. The van der Waals surface area contributed by atoms with Crippen molar-refractivity contribution < 1.29 is 4.79 Å². The van der Waals surface area contributed by atoms with E-state index in [9.17, 15) is 14.4 Å². The maximum atomic E-state index is 13.4. The van der Waals surface area contributed by atoms with Crippen molar-refractivity contribution in [3.8, 4) is 5.69 Å². The number of hydrogen-bond donors (Lipinski definition) is 1. The minimum Gasteiger partial charge on any atom is -0.324 e. The molecule has 4 rings (SSSR count). The molecule has 1 amide bonds. The first kappa shape index (κ1) is 22.6. The smallest absolute Gasteiger partial charge is 0.324 e. The quantitative estimate of drug-likeness (QED) is 0.394. The largest absolute Gasteiger partial charge is 0.337 e. The number of nitrogens with one attached hydrogen (secondary N) is 1. The van der Waals surface area contributed by atoms with Crippen molar-refractivity contribution in [1.82, 2.24) is 9.13 Å². The Bertz CT molecular complexity index is 1450. The molecule has 164 valence electrons. The second kappa shape index (κ2) is 9.11. The van der Waals surface area contributed by atoms with Gasteiger partial charge in [-0.15, -0.1) is 11.3 Å². The van der Waals surface area contributed by atoms with E-state index < -0.39 is 17.2 Å². The van der Waals surface area contributed by atoms with Crippen LogP contribution < -0.4 is 16.6 Å². The zero-order valence-electron chi connectivity index (χ0n) is 16.7. The Morgan fingerprint density at radius 1 is 1.00 bits per heavy atom. The first-order valence-corrected chi connectivity index (χ1v) is 11.5. The van der Waals surface area contributed by atoms with Crippen LogP contribution in [0.5, 0.6) is 0 Å². The topological polar surface area (TPSA) is 73.1 Å². The number of halogens is 3. The molecule has 32 heavy (non-hydrogen) atoms. The highest BCUT2D eigenvalue weighted by Crippen LogP contribution is 2.25. The lowest BCUT2D eigenvalue weighted by atomic mass is 10.3. The third kappa shape index (κ3) is 4.47. The van der Waals surface area contributed by atoms with Gasteiger partial charge in [-0.1, -0.05) is 47.8 Å². The molecule has 0 fully saturated rings. The molecule has 0 aliphatic carbocycles. The van der Waals surface area contributed by atoms with E-state index in [4.69, 9.17) is 34.8 Å². The molecule has 0 aliphatic heterocycles. The summed E-state index contributed by atoms with van der Waals surface area (Å²) in [7, 11) is 0. The van der Waals surface area contributed by atoms with E-state index in [1.54, 1.807) is 42.5 Å². The van der Waals surface area contributed by atoms with Crippen molar-refractivity contribution in [2.75, 3.05) is 5.32 Å². The third-order valence-electron chi connectivity index (χ3n) is 4.73. The molecular weight excluding hydrogens is 493 g/mol. The molecule has 0 aliphatic rings. The summed E-state index contributed by atoms with van der Waals surface area (Å²) in [4.78, 5) is 40.7. The molecule has 0 radical (unpaired) electrons. The van der Waals surface area contributed by atoms with Gasteiger partial charge >= 0.3 is 5.69 Å². The number of carbonyl (C=O) groups is 1. The van der Waals surface area contributed by atoms with Gasteiger partial charge in [-0.05, 0) is 48.9 Å². The molecule has 0 atom stereocenters. The van der Waals surface area contributed by atoms with Crippen LogP contribution in [-0.2, 0) is 17.8 Å². The number of amides is 1. The van der Waals surface area contributed by atoms with Crippen molar-refractivity contribution in [3.05, 3.63) is 89.3 Å². The fourth-order valence-electron chi connectivity index (χ4n) is 3.33. The van der Waals surface area contributed by atoms with Crippen LogP contribution in [0.25, 0.3) is 15.9 Å². The van der Waals surface area contributed by atoms with Gasteiger partial charge in [0.05, 0.1) is 11.1 Å². The SMILES string of the molecule is CCc1cc2c(=O)n(-c3cccc(Cl)c3)c(=O)n(CC(=O)Nc3cc(Cl)cc(Cl)c3)c2s1. The molecule has 2 heterocycles. The van der Waals surface area contributed by atoms with Crippen LogP contribution in [0, 0.1) is 0 Å². The molecule has 6 nitrogen and oxygen atoms in total. The van der Waals surface area contributed by atoms with Crippen molar-refractivity contribution in [2.45, 2.75) is 19.9 Å². The number of nitrogens with zero attached hydrogens (tertiary/aromatic N) is 2. The summed E-state index contributed by atoms with van der Waals surface area (Å²) in [5.74, 6) is -0.463. The number of benzene rings is 2. The predicted molar refractivity (Wildman–Crippen MR) is 131 cm³/mol. The van der Waals surface area contributed by atoms with Gasteiger partial charge in [-0.2, -0.15) is 0 Å². The van der Waals surface area contributed by atoms with Crippen molar-refractivity contribution in [1.29, 1.82) is 0 Å². The van der Waals surface area contributed by atoms with E-state index in [0.29, 0.717) is 43.1 Å². The Labute approximate surface area is 201 Å². The number of rotatable bonds is 5. The van der Waals surface area contributed by atoms with Gasteiger partial charge < -0.3 is 5.32 Å². The molecular formula is C22H16Cl3N3O3S. The van der Waals surface area contributed by atoms with Crippen molar-refractivity contribution in [2.24, 2.45) is 0 Å². The Kier molecular flexibility index (Phi) is 6.44. The Balaban J connectivity index is 1.84. The van der Waals surface area contributed by atoms with Crippen LogP contribution in [0.3, 0.4) is 0 Å². The van der Waals surface area contributed by atoms with Gasteiger partial charge in [0.15, 0.2) is 0 Å². The molecule has 0 saturated carbocycles. The molecule has 0 bridgehead atoms. The number of thiophene rings is 1. The second-order valence-electron chi connectivity index (χ2n) is 6.98. The second-order valence-corrected chi connectivity index (χ2v) is 9.41. The summed E-state index contributed by atoms with van der Waals surface area (Å²) >= 11 is 19.4. The third-order valence-corrected chi connectivity index (χ3v) is 6.70. The van der Waals surface area contributed by atoms with E-state index >= 15 is 0 Å². The highest BCUT2D eigenvalue weighted by molar-refractivity contribution is 7.18. The molecule has 10 heteroatoms. The number of fused-ring (bicyclic) bond motifs is 1. The van der Waals surface area contributed by atoms with Gasteiger partial charge in [0.2, 0.25) is 5.91 Å². The Morgan fingerprint density at radius 2 is 1.72 bits per heavy atom. The molecule has 4 aromatic rings. The maximum absolute atomic E-state index is 13.4. The minimum absolute atomic E-state index is 0.302. The van der Waals surface area contributed by atoms with Crippen LogP contribution in [0.15, 0.2) is 58.1 Å². The summed E-state index contributed by atoms with van der Waals surface area (Å²) in [5, 5.41) is 4.18. The van der Waals surface area contributed by atoms with Crippen LogP contribution in [0.4, 0.5) is 5.69 Å². The Morgan fingerprint density at radius 3 is 2.38 bits per heavy atom. The highest BCUT2D eigenvalue weighted by atomic mass is 35.5. The highest BCUT2D eigenvalue weighted by Gasteiger charge is 2.19. The van der Waals surface area contributed by atoms with Crippen LogP contribution >= 0.6 is 46.1 Å². The predicted octanol–water partition coefficient (Wildman–Crippen LogP) is 5.38. The first-order valence-electron chi connectivity index (χ1n) is 9.57. The fourth-order valence-corrected chi connectivity index (χ4v) is 5.12. The zero-order valence-corrected chi connectivity index (χ0v) is 19.8. The lowest BCUT2D eigenvalue weighted by Crippen LogP contribution is -2.40. The summed E-state index contributed by atoms with van der Waals surface area (Å²) in [6.45, 7) is 1.65. The standard InChI is InChI=1S/C22H16Cl3N3O3S/c1-2-17-10-18-20(30)28(16-5-3-4-12(23)9-16)22(31)27(21(18)32-17)11-19(29)26-15-7-13(24)6-14(25)8-15/h3-10H,2,11H2,1H3,(H,26,29). The van der Waals surface area contributed by atoms with Crippen molar-refractivity contribution >= 4 is 68.0 Å². The Hall–Kier alpha value is -2.58. The van der Waals surface area contributed by atoms with Crippen LogP contribution in [0.1, 0.15) is 11.8 Å². The van der Waals surface area contributed by atoms with E-state index in [-0.39, 0.29) is 6.54 Å². The number of hydrogen-bond acceptors (Lipinski definition) is 4. The van der Waals surface area contributed by atoms with Gasteiger partial charge in [0.1, 0.15) is 11.4 Å². The van der Waals surface area contributed by atoms with Crippen LogP contribution in [-0.4, -0.2) is 15.0 Å². The van der Waals surface area contributed by atoms with E-state index in [0.717, 1.165) is 9.44 Å². The number of anilines is 1. The molecule has 1 N–H and O–H groups in total. The lowest BCUT2D eigenvalue weighted by Gasteiger charge is -2.13. The number of carbonyl (C=O) groups excluding carboxylic acids is 1. The first-order chi connectivity index (χ1) is 15.3. The minimum atomic E-state index is -0.631. The van der Waals surface area contributed by atoms with Gasteiger partial charge in [-0.3, -0.25) is 14.2 Å². The monoisotopic (exact) mass is 507 g/mol. The van der Waals surface area contributed by atoms with Gasteiger partial charge in [0.25, 0.3) is 5.56 Å². The number of aryl methyl sites for hydroxylation is 1. The number of aromatic nitrogens is 2.